The largest absolute Gasteiger partial charge is 0.367 e. The number of carbonyl (C=O) groups excluding carboxylic acids is 1. The van der Waals surface area contributed by atoms with E-state index >= 15 is 0 Å². The molecule has 0 radical (unpaired) electrons. The maximum absolute atomic E-state index is 12.5. The van der Waals surface area contributed by atoms with Gasteiger partial charge in [0, 0.05) is 18.2 Å². The fourth-order valence-electron chi connectivity index (χ4n) is 3.90. The van der Waals surface area contributed by atoms with Gasteiger partial charge in [-0.3, -0.25) is 4.79 Å². The van der Waals surface area contributed by atoms with E-state index in [1.165, 1.54) is 57.8 Å². The molecule has 0 unspecified atom stereocenters. The Morgan fingerprint density at radius 1 is 0.917 bits per heavy atom. The maximum Gasteiger partial charge on any atom is 0.270 e. The predicted octanol–water partition coefficient (Wildman–Crippen LogP) is 3.98. The first-order chi connectivity index (χ1) is 11.7. The lowest BCUT2D eigenvalue weighted by molar-refractivity contribution is 0.0922. The third kappa shape index (κ3) is 4.92. The Balaban J connectivity index is 1.64. The fourth-order valence-corrected chi connectivity index (χ4v) is 3.90. The summed E-state index contributed by atoms with van der Waals surface area (Å²) in [5, 5.41) is 6.68. The fraction of sp³-hybridized carbons (Fsp3) is 0.737. The van der Waals surface area contributed by atoms with Gasteiger partial charge in [-0.2, -0.15) is 0 Å². The second kappa shape index (κ2) is 8.45. The van der Waals surface area contributed by atoms with E-state index < -0.39 is 0 Å². The highest BCUT2D eigenvalue weighted by Crippen LogP contribution is 2.21. The minimum Gasteiger partial charge on any atom is -0.367 e. The molecule has 1 heterocycles. The second-order valence-corrected chi connectivity index (χ2v) is 7.33. The number of carbonyl (C=O) groups is 1. The van der Waals surface area contributed by atoms with Crippen LogP contribution in [0.4, 0.5) is 5.82 Å². The zero-order valence-corrected chi connectivity index (χ0v) is 14.8. The maximum atomic E-state index is 12.5. The number of hydrogen-bond acceptors (Lipinski definition) is 4. The number of hydrogen-bond donors (Lipinski definition) is 2. The highest BCUT2D eigenvalue weighted by Gasteiger charge is 2.19. The monoisotopic (exact) mass is 330 g/mol. The number of rotatable bonds is 4. The van der Waals surface area contributed by atoms with E-state index in [9.17, 15) is 4.79 Å². The molecule has 1 amide bonds. The normalized spacial score (nSPS) is 20.4. The van der Waals surface area contributed by atoms with Crippen molar-refractivity contribution < 1.29 is 4.79 Å². The molecule has 1 aromatic heterocycles. The van der Waals surface area contributed by atoms with Crippen molar-refractivity contribution in [3.63, 3.8) is 0 Å². The van der Waals surface area contributed by atoms with Gasteiger partial charge >= 0.3 is 0 Å². The van der Waals surface area contributed by atoms with E-state index in [4.69, 9.17) is 0 Å². The van der Waals surface area contributed by atoms with Crippen molar-refractivity contribution >= 4 is 11.7 Å². The Morgan fingerprint density at radius 2 is 1.50 bits per heavy atom. The molecule has 132 valence electrons. The molecular formula is C19H30N4O. The van der Waals surface area contributed by atoms with Crippen LogP contribution in [0.15, 0.2) is 6.07 Å². The first-order valence-electron chi connectivity index (χ1n) is 9.64. The third-order valence-electron chi connectivity index (χ3n) is 5.22. The summed E-state index contributed by atoms with van der Waals surface area (Å²) in [6.07, 6.45) is 13.5. The first-order valence-corrected chi connectivity index (χ1v) is 9.64. The second-order valence-electron chi connectivity index (χ2n) is 7.33. The molecule has 2 aliphatic carbocycles. The summed E-state index contributed by atoms with van der Waals surface area (Å²) in [6, 6.07) is 2.59. The van der Waals surface area contributed by atoms with Gasteiger partial charge in [-0.25, -0.2) is 9.97 Å². The smallest absolute Gasteiger partial charge is 0.270 e. The Hall–Kier alpha value is -1.65. The van der Waals surface area contributed by atoms with Crippen LogP contribution in [0, 0.1) is 6.92 Å². The Labute approximate surface area is 145 Å². The summed E-state index contributed by atoms with van der Waals surface area (Å²) in [5.41, 5.74) is 0.490. The molecule has 0 spiro atoms. The zero-order valence-electron chi connectivity index (χ0n) is 14.8. The van der Waals surface area contributed by atoms with Crippen LogP contribution in [0.2, 0.25) is 0 Å². The van der Waals surface area contributed by atoms with Crippen molar-refractivity contribution in [1.82, 2.24) is 15.3 Å². The summed E-state index contributed by atoms with van der Waals surface area (Å²) in [4.78, 5) is 21.4. The Bertz CT molecular complexity index is 546. The van der Waals surface area contributed by atoms with E-state index in [0.717, 1.165) is 18.7 Å². The number of nitrogens with one attached hydrogen (secondary N) is 2. The van der Waals surface area contributed by atoms with Crippen LogP contribution >= 0.6 is 0 Å². The SMILES string of the molecule is Cc1nc(NC2CCCCCC2)cc(C(=O)NC2CCCCC2)n1. The first kappa shape index (κ1) is 17.2. The molecule has 0 saturated heterocycles. The summed E-state index contributed by atoms with van der Waals surface area (Å²) in [5.74, 6) is 1.39. The third-order valence-corrected chi connectivity index (χ3v) is 5.22. The Morgan fingerprint density at radius 3 is 2.17 bits per heavy atom. The topological polar surface area (TPSA) is 66.9 Å². The lowest BCUT2D eigenvalue weighted by Gasteiger charge is -2.23. The van der Waals surface area contributed by atoms with Crippen LogP contribution in [-0.4, -0.2) is 28.0 Å². The van der Waals surface area contributed by atoms with Gasteiger partial charge in [0.15, 0.2) is 0 Å². The van der Waals surface area contributed by atoms with Gasteiger partial charge in [-0.1, -0.05) is 44.9 Å². The minimum atomic E-state index is -0.0590. The van der Waals surface area contributed by atoms with Crippen LogP contribution in [0.5, 0.6) is 0 Å². The molecule has 5 nitrogen and oxygen atoms in total. The molecule has 1 aromatic rings. The average Bonchev–Trinajstić information content (AvgIpc) is 2.84. The number of amides is 1. The molecule has 2 aliphatic rings. The van der Waals surface area contributed by atoms with E-state index in [2.05, 4.69) is 20.6 Å². The van der Waals surface area contributed by atoms with Crippen LogP contribution < -0.4 is 10.6 Å². The molecule has 3 rings (SSSR count). The van der Waals surface area contributed by atoms with Gasteiger partial charge < -0.3 is 10.6 Å². The molecule has 5 heteroatoms. The van der Waals surface area contributed by atoms with Crippen molar-refractivity contribution in [2.75, 3.05) is 5.32 Å². The van der Waals surface area contributed by atoms with Crippen molar-refractivity contribution in [3.05, 3.63) is 17.6 Å². The van der Waals surface area contributed by atoms with Crippen molar-refractivity contribution in [3.8, 4) is 0 Å². The number of aromatic nitrogens is 2. The van der Waals surface area contributed by atoms with Gasteiger partial charge in [0.25, 0.3) is 5.91 Å². The van der Waals surface area contributed by atoms with Gasteiger partial charge in [-0.15, -0.1) is 0 Å². The van der Waals surface area contributed by atoms with Gasteiger partial charge in [0.05, 0.1) is 0 Å². The summed E-state index contributed by atoms with van der Waals surface area (Å²) >= 11 is 0. The standard InChI is InChI=1S/C19H30N4O/c1-14-20-17(19(24)23-16-11-7-4-8-12-16)13-18(21-14)22-15-9-5-2-3-6-10-15/h13,15-16H,2-12H2,1H3,(H,23,24)(H,20,21,22). The zero-order chi connectivity index (χ0) is 16.8. The summed E-state index contributed by atoms with van der Waals surface area (Å²) < 4.78 is 0. The Kier molecular flexibility index (Phi) is 6.05. The molecule has 2 N–H and O–H groups in total. The van der Waals surface area contributed by atoms with Crippen LogP contribution in [0.25, 0.3) is 0 Å². The molecule has 0 bridgehead atoms. The van der Waals surface area contributed by atoms with E-state index in [1.807, 2.05) is 13.0 Å². The highest BCUT2D eigenvalue weighted by atomic mass is 16.1. The molecule has 0 atom stereocenters. The molecular weight excluding hydrogens is 300 g/mol. The molecule has 2 fully saturated rings. The van der Waals surface area contributed by atoms with Crippen molar-refractivity contribution in [2.24, 2.45) is 0 Å². The van der Waals surface area contributed by atoms with Crippen LogP contribution in [0.1, 0.15) is 86.9 Å². The summed E-state index contributed by atoms with van der Waals surface area (Å²) in [6.45, 7) is 1.86. The predicted molar refractivity (Wildman–Crippen MR) is 96.2 cm³/mol. The molecule has 0 aromatic carbocycles. The average molecular weight is 330 g/mol. The van der Waals surface area contributed by atoms with Crippen molar-refractivity contribution in [2.45, 2.75) is 89.6 Å². The molecule has 24 heavy (non-hydrogen) atoms. The lowest BCUT2D eigenvalue weighted by Crippen LogP contribution is -2.36. The van der Waals surface area contributed by atoms with E-state index in [1.54, 1.807) is 0 Å². The van der Waals surface area contributed by atoms with Crippen LogP contribution in [0.3, 0.4) is 0 Å². The van der Waals surface area contributed by atoms with Gasteiger partial charge in [0.2, 0.25) is 0 Å². The number of aryl methyl sites for hydroxylation is 1. The number of nitrogens with zero attached hydrogens (tertiary/aromatic N) is 2. The molecule has 2 saturated carbocycles. The summed E-state index contributed by atoms with van der Waals surface area (Å²) in [7, 11) is 0. The minimum absolute atomic E-state index is 0.0590. The van der Waals surface area contributed by atoms with Crippen molar-refractivity contribution in [1.29, 1.82) is 0 Å². The quantitative estimate of drug-likeness (QED) is 0.819. The highest BCUT2D eigenvalue weighted by molar-refractivity contribution is 5.93. The van der Waals surface area contributed by atoms with Gasteiger partial charge in [0.1, 0.15) is 17.3 Å². The van der Waals surface area contributed by atoms with E-state index in [-0.39, 0.29) is 5.91 Å². The molecule has 0 aliphatic heterocycles. The number of anilines is 1. The van der Waals surface area contributed by atoms with E-state index in [0.29, 0.717) is 23.6 Å². The van der Waals surface area contributed by atoms with Crippen LogP contribution in [-0.2, 0) is 0 Å². The lowest BCUT2D eigenvalue weighted by atomic mass is 9.95. The van der Waals surface area contributed by atoms with Gasteiger partial charge in [-0.05, 0) is 32.6 Å².